The molecule has 0 saturated carbocycles. The Morgan fingerprint density at radius 2 is 0.920 bits per heavy atom. The van der Waals surface area contributed by atoms with E-state index in [1.807, 2.05) is 55.5 Å². The summed E-state index contributed by atoms with van der Waals surface area (Å²) >= 11 is 2.38. The van der Waals surface area contributed by atoms with Crippen molar-refractivity contribution in [3.63, 3.8) is 0 Å². The second kappa shape index (κ2) is 23.7. The van der Waals surface area contributed by atoms with E-state index in [1.54, 1.807) is 53.2 Å². The molecule has 0 fully saturated rings. The predicted molar refractivity (Wildman–Crippen MR) is 209 cm³/mol. The van der Waals surface area contributed by atoms with Crippen LogP contribution in [0.4, 0.5) is 0 Å². The van der Waals surface area contributed by atoms with Gasteiger partial charge in [0.05, 0.1) is 64.4 Å². The Morgan fingerprint density at radius 1 is 0.520 bits per heavy atom. The number of carbonyl (C=O) groups excluding carboxylic acids is 4. The third-order valence-electron chi connectivity index (χ3n) is 6.92. The lowest BCUT2D eigenvalue weighted by molar-refractivity contribution is 0.353. The van der Waals surface area contributed by atoms with Crippen LogP contribution in [0.25, 0.3) is 0 Å². The van der Waals surface area contributed by atoms with Crippen molar-refractivity contribution in [3.8, 4) is 40.2 Å². The zero-order chi connectivity index (χ0) is 37.8. The molecule has 0 aliphatic rings. The summed E-state index contributed by atoms with van der Waals surface area (Å²) in [6.45, 7) is 6.75. The molecule has 0 atom stereocenters. The topological polar surface area (TPSA) is 161 Å². The number of benzene rings is 4. The number of hydrogen-bond donors (Lipinski definition) is 1. The molecule has 264 valence electrons. The van der Waals surface area contributed by atoms with Gasteiger partial charge in [0.1, 0.15) is 28.0 Å². The molecular formula is C35H46Al4O11. The molecule has 0 bridgehead atoms. The van der Waals surface area contributed by atoms with E-state index in [-0.39, 0.29) is 17.3 Å². The zero-order valence-electron chi connectivity index (χ0n) is 30.4. The first-order valence-electron chi connectivity index (χ1n) is 15.4. The maximum atomic E-state index is 9.49. The van der Waals surface area contributed by atoms with E-state index in [9.17, 15) is 19.2 Å². The fourth-order valence-electron chi connectivity index (χ4n) is 4.31. The van der Waals surface area contributed by atoms with E-state index >= 15 is 0 Å². The van der Waals surface area contributed by atoms with Crippen LogP contribution in [0.3, 0.4) is 0 Å². The summed E-state index contributed by atoms with van der Waals surface area (Å²) in [5, 5.41) is 9.09. The number of rotatable bonds is 11. The zero-order valence-corrected chi connectivity index (χ0v) is 38.4. The van der Waals surface area contributed by atoms with Crippen LogP contribution in [0, 0.1) is 0 Å². The SMILES string of the molecule is CC(=[OH+])c1ccc(O)cc1[O][AlH2-].CC(=[OH+])c1ccccc1[O][AlH2-].CCC(=[OH+])c1ccccc1[O][AlH2-].COc1cc([O][AlH2-])c(C(C)=[OH+])cc1OC. The first-order chi connectivity index (χ1) is 23.8. The Balaban J connectivity index is 0.000000336. The van der Waals surface area contributed by atoms with Crippen molar-refractivity contribution < 1.29 is 48.9 Å². The van der Waals surface area contributed by atoms with Crippen LogP contribution in [0.1, 0.15) is 56.4 Å². The highest BCUT2D eigenvalue weighted by molar-refractivity contribution is 6.05. The van der Waals surface area contributed by atoms with Crippen LogP contribution in [-0.4, -0.2) is 128 Å². The lowest BCUT2D eigenvalue weighted by Crippen LogP contribution is -2.02. The van der Waals surface area contributed by atoms with Crippen molar-refractivity contribution in [1.82, 2.24) is 0 Å². The van der Waals surface area contributed by atoms with Gasteiger partial charge in [-0.3, -0.25) is 19.2 Å². The van der Waals surface area contributed by atoms with Gasteiger partial charge >= 0.3 is 23.1 Å². The predicted octanol–water partition coefficient (Wildman–Crippen LogP) is 2.22. The van der Waals surface area contributed by atoms with Gasteiger partial charge in [-0.25, -0.2) is 0 Å². The van der Waals surface area contributed by atoms with E-state index < -0.39 is 0 Å². The lowest BCUT2D eigenvalue weighted by atomic mass is 10.1. The molecule has 4 rings (SSSR count). The van der Waals surface area contributed by atoms with Crippen LogP contribution in [0.2, 0.25) is 0 Å². The minimum Gasteiger partial charge on any atom is -0.819 e. The van der Waals surface area contributed by atoms with Gasteiger partial charge in [0.2, 0.25) is 0 Å². The molecule has 0 aliphatic carbocycles. The lowest BCUT2D eigenvalue weighted by Gasteiger charge is -2.16. The molecule has 0 heterocycles. The molecule has 15 heteroatoms. The number of ketones is 4. The Bertz CT molecular complexity index is 1750. The highest BCUT2D eigenvalue weighted by Crippen LogP contribution is 2.34. The molecule has 0 saturated heterocycles. The Kier molecular flexibility index (Phi) is 21.0. The quantitative estimate of drug-likeness (QED) is 0.140. The first kappa shape index (κ1) is 44.3. The molecule has 0 aliphatic heterocycles. The summed E-state index contributed by atoms with van der Waals surface area (Å²) in [6.07, 6.45) is 0.641. The van der Waals surface area contributed by atoms with Gasteiger partial charge in [-0.1, -0.05) is 31.2 Å². The molecule has 0 aromatic heterocycles. The Morgan fingerprint density at radius 3 is 1.34 bits per heavy atom. The standard InChI is InChI=1S/C10H12O4.C9H10O2.C8H8O3.C8H8O2.4Al.8H/c1-6(11)7-4-9(13-2)10(14-3)5-8(7)12;1-2-8(10)7-5-3-4-6-9(7)11;1-5(9)7-3-2-6(10)4-8(7)11;1-6(9)7-4-2-3-5-8(7)10;;;;;;;;;;;;/h4-5,12H,1-3H3;3-6,11H,2H2,1H3;2-4,10-11H,1H3;2-5,10H,1H3;;;;;;;;;;;;. The van der Waals surface area contributed by atoms with Gasteiger partial charge in [0, 0.05) is 18.2 Å². The van der Waals surface area contributed by atoms with E-state index in [0.29, 0.717) is 119 Å². The largest absolute Gasteiger partial charge is 0.819 e. The van der Waals surface area contributed by atoms with E-state index in [4.69, 9.17) is 29.7 Å². The molecular weight excluding hydrogens is 704 g/mol. The second-order valence-electron chi connectivity index (χ2n) is 10.2. The number of hydrogen-bond acceptors (Lipinski definition) is 7. The van der Waals surface area contributed by atoms with Crippen LogP contribution >= 0.6 is 0 Å². The summed E-state index contributed by atoms with van der Waals surface area (Å²) in [5.74, 6) is 5.08. The molecule has 0 amide bonds. The molecule has 50 heavy (non-hydrogen) atoms. The summed E-state index contributed by atoms with van der Waals surface area (Å²) in [5.41, 5.74) is 2.85. The monoisotopic (exact) mass is 750 g/mol. The third kappa shape index (κ3) is 13.9. The maximum Gasteiger partial charge on any atom is 0.326 e. The number of ether oxygens (including phenoxy) is 2. The van der Waals surface area contributed by atoms with Crippen LogP contribution in [-0.2, 0) is 0 Å². The number of phenolic OH excluding ortho intramolecular Hbond substituents is 1. The first-order valence-corrected chi connectivity index (χ1v) is 18.7. The van der Waals surface area contributed by atoms with Crippen LogP contribution < -0.4 is 24.6 Å². The molecule has 0 spiro atoms. The Hall–Kier alpha value is -3.71. The van der Waals surface area contributed by atoms with Gasteiger partial charge in [0.25, 0.3) is 0 Å². The molecule has 4 radical (unpaired) electrons. The number of methoxy groups -OCH3 is 2. The number of para-hydroxylation sites is 2. The summed E-state index contributed by atoms with van der Waals surface area (Å²) < 4.78 is 31.0. The van der Waals surface area contributed by atoms with Gasteiger partial charge in [0.15, 0.2) is 78.0 Å². The van der Waals surface area contributed by atoms with E-state index in [0.717, 1.165) is 22.6 Å². The second-order valence-corrected chi connectivity index (χ2v) is 11.9. The molecule has 5 N–H and O–H groups in total. The van der Waals surface area contributed by atoms with Gasteiger partial charge in [-0.15, -0.1) is 0 Å². The van der Waals surface area contributed by atoms with Crippen molar-refractivity contribution in [2.45, 2.75) is 34.1 Å². The summed E-state index contributed by atoms with van der Waals surface area (Å²) in [7, 11) is 3.11. The van der Waals surface area contributed by atoms with Gasteiger partial charge < -0.3 is 29.7 Å². The van der Waals surface area contributed by atoms with Crippen molar-refractivity contribution in [2.24, 2.45) is 0 Å². The minimum absolute atomic E-state index is 0.144. The highest BCUT2D eigenvalue weighted by atomic mass is 27.1. The average Bonchev–Trinajstić information content (AvgIpc) is 3.14. The molecule has 11 nitrogen and oxygen atoms in total. The summed E-state index contributed by atoms with van der Waals surface area (Å²) in [6, 6.07) is 23.0. The van der Waals surface area contributed by atoms with Crippen molar-refractivity contribution in [1.29, 1.82) is 0 Å². The van der Waals surface area contributed by atoms with E-state index in [1.165, 1.54) is 12.1 Å². The highest BCUT2D eigenvalue weighted by Gasteiger charge is 2.16. The maximum absolute atomic E-state index is 9.49. The van der Waals surface area contributed by atoms with Crippen molar-refractivity contribution >= 4 is 89.6 Å². The Labute approximate surface area is 326 Å². The number of phenols is 1. The van der Waals surface area contributed by atoms with E-state index in [2.05, 4.69) is 0 Å². The fourth-order valence-corrected chi connectivity index (χ4v) is 5.70. The average molecular weight is 751 g/mol. The van der Waals surface area contributed by atoms with Crippen molar-refractivity contribution in [2.75, 3.05) is 14.2 Å². The third-order valence-corrected chi connectivity index (χ3v) is 8.68. The van der Waals surface area contributed by atoms with Gasteiger partial charge in [-0.05, 0) is 36.4 Å². The molecule has 4 aromatic carbocycles. The molecule has 4 aromatic rings. The van der Waals surface area contributed by atoms with Crippen LogP contribution in [0.15, 0.2) is 78.9 Å². The smallest absolute Gasteiger partial charge is 0.326 e. The van der Waals surface area contributed by atoms with Crippen LogP contribution in [0.5, 0.6) is 40.2 Å². The van der Waals surface area contributed by atoms with Gasteiger partial charge in [-0.2, -0.15) is 0 Å². The summed E-state index contributed by atoms with van der Waals surface area (Å²) in [4.78, 5) is 37.4. The molecule has 0 unspecified atom stereocenters. The number of aromatic hydroxyl groups is 1. The minimum atomic E-state index is 0.144. The van der Waals surface area contributed by atoms with Crippen molar-refractivity contribution in [3.05, 3.63) is 101 Å². The fraction of sp³-hybridized carbons (Fsp3) is 0.200. The normalized spacial score (nSPS) is 9.48.